The first-order chi connectivity index (χ1) is 10.9. The van der Waals surface area contributed by atoms with Crippen LogP contribution in [0.3, 0.4) is 0 Å². The molecular weight excluding hydrogens is 364 g/mol. The first-order valence-corrected chi connectivity index (χ1v) is 8.13. The number of nitrogens with zero attached hydrogens (tertiary/aromatic N) is 2. The molecule has 0 heterocycles. The van der Waals surface area contributed by atoms with Crippen LogP contribution in [0.5, 0.6) is 11.5 Å². The Bertz CT molecular complexity index is 573. The van der Waals surface area contributed by atoms with Gasteiger partial charge in [0.05, 0.1) is 30.8 Å². The maximum Gasteiger partial charge on any atom is 0.258 e. The lowest BCUT2D eigenvalue weighted by molar-refractivity contribution is -0.131. The molecular formula is C16H23BrN2O4. The fourth-order valence-electron chi connectivity index (χ4n) is 2.21. The van der Waals surface area contributed by atoms with Crippen molar-refractivity contribution in [1.29, 1.82) is 0 Å². The van der Waals surface area contributed by atoms with E-state index in [1.165, 1.54) is 19.1 Å². The maximum atomic E-state index is 12.7. The van der Waals surface area contributed by atoms with E-state index in [4.69, 9.17) is 9.47 Å². The van der Waals surface area contributed by atoms with Crippen LogP contribution >= 0.6 is 15.9 Å². The van der Waals surface area contributed by atoms with E-state index in [0.29, 0.717) is 34.6 Å². The van der Waals surface area contributed by atoms with E-state index in [-0.39, 0.29) is 18.4 Å². The fraction of sp³-hybridized carbons (Fsp3) is 0.500. The number of hydrogen-bond acceptors (Lipinski definition) is 4. The number of likely N-dealkylation sites (N-methyl/N-ethyl adjacent to an activating group) is 2. The molecule has 0 N–H and O–H groups in total. The molecule has 0 atom stereocenters. The van der Waals surface area contributed by atoms with Crippen LogP contribution in [0.25, 0.3) is 0 Å². The summed E-state index contributed by atoms with van der Waals surface area (Å²) in [4.78, 5) is 27.9. The summed E-state index contributed by atoms with van der Waals surface area (Å²) in [6.45, 7) is 5.06. The molecule has 2 amide bonds. The third-order valence-corrected chi connectivity index (χ3v) is 4.11. The minimum atomic E-state index is -0.304. The van der Waals surface area contributed by atoms with Crippen LogP contribution in [0.2, 0.25) is 0 Å². The van der Waals surface area contributed by atoms with Gasteiger partial charge in [0, 0.05) is 20.1 Å². The van der Waals surface area contributed by atoms with Gasteiger partial charge in [-0.05, 0) is 41.9 Å². The molecule has 0 saturated carbocycles. The van der Waals surface area contributed by atoms with Gasteiger partial charge in [0.2, 0.25) is 5.91 Å². The van der Waals surface area contributed by atoms with Crippen molar-refractivity contribution < 1.29 is 19.1 Å². The number of methoxy groups -OCH3 is 2. The molecule has 0 aliphatic carbocycles. The van der Waals surface area contributed by atoms with Crippen LogP contribution in [0.4, 0.5) is 0 Å². The lowest BCUT2D eigenvalue weighted by Gasteiger charge is -2.24. The smallest absolute Gasteiger partial charge is 0.258 e. The van der Waals surface area contributed by atoms with Gasteiger partial charge in [-0.3, -0.25) is 9.59 Å². The highest BCUT2D eigenvalue weighted by Crippen LogP contribution is 2.34. The topological polar surface area (TPSA) is 59.1 Å². The van der Waals surface area contributed by atoms with Gasteiger partial charge in [0.15, 0.2) is 0 Å². The third-order valence-electron chi connectivity index (χ3n) is 3.52. The predicted octanol–water partition coefficient (Wildman–Crippen LogP) is 2.41. The molecule has 0 aliphatic rings. The molecule has 0 fully saturated rings. The van der Waals surface area contributed by atoms with E-state index in [2.05, 4.69) is 15.9 Å². The molecule has 0 unspecified atom stereocenters. The Labute approximate surface area is 145 Å². The van der Waals surface area contributed by atoms with Crippen molar-refractivity contribution in [3.8, 4) is 11.5 Å². The summed E-state index contributed by atoms with van der Waals surface area (Å²) in [7, 11) is 4.61. The lowest BCUT2D eigenvalue weighted by Crippen LogP contribution is -2.41. The molecule has 0 bridgehead atoms. The average Bonchev–Trinajstić information content (AvgIpc) is 2.54. The minimum absolute atomic E-state index is 0.0124. The molecule has 0 spiro atoms. The maximum absolute atomic E-state index is 12.7. The van der Waals surface area contributed by atoms with Crippen LogP contribution in [-0.4, -0.2) is 62.5 Å². The quantitative estimate of drug-likeness (QED) is 0.721. The van der Waals surface area contributed by atoms with Crippen molar-refractivity contribution >= 4 is 27.7 Å². The van der Waals surface area contributed by atoms with E-state index in [1.807, 2.05) is 13.8 Å². The van der Waals surface area contributed by atoms with Crippen molar-refractivity contribution in [2.45, 2.75) is 13.8 Å². The van der Waals surface area contributed by atoms with Gasteiger partial charge < -0.3 is 19.3 Å². The molecule has 1 rings (SSSR count). The standard InChI is InChI=1S/C16H23BrN2O4/c1-6-19(7-2)14(20)10-18(3)16(21)12-8-11(22-4)9-13(17)15(12)23-5/h8-9H,6-7,10H2,1-5H3. The first-order valence-electron chi connectivity index (χ1n) is 7.34. The number of carbonyl (C=O) groups is 2. The highest BCUT2D eigenvalue weighted by molar-refractivity contribution is 9.10. The number of ether oxygens (including phenoxy) is 2. The first kappa shape index (κ1) is 19.3. The normalized spacial score (nSPS) is 10.2. The SMILES string of the molecule is CCN(CC)C(=O)CN(C)C(=O)c1cc(OC)cc(Br)c1OC. The summed E-state index contributed by atoms with van der Waals surface area (Å²) < 4.78 is 11.1. The molecule has 0 aliphatic heterocycles. The summed E-state index contributed by atoms with van der Waals surface area (Å²) in [5, 5.41) is 0. The van der Waals surface area contributed by atoms with Crippen molar-refractivity contribution in [3.05, 3.63) is 22.2 Å². The summed E-state index contributed by atoms with van der Waals surface area (Å²) >= 11 is 3.36. The second-order valence-electron chi connectivity index (χ2n) is 4.92. The molecule has 23 heavy (non-hydrogen) atoms. The molecule has 0 saturated heterocycles. The number of hydrogen-bond donors (Lipinski definition) is 0. The van der Waals surface area contributed by atoms with Gasteiger partial charge >= 0.3 is 0 Å². The minimum Gasteiger partial charge on any atom is -0.497 e. The third kappa shape index (κ3) is 4.60. The van der Waals surface area contributed by atoms with Crippen molar-refractivity contribution in [3.63, 3.8) is 0 Å². The molecule has 1 aromatic carbocycles. The summed E-state index contributed by atoms with van der Waals surface area (Å²) in [6.07, 6.45) is 0. The predicted molar refractivity (Wildman–Crippen MR) is 92.1 cm³/mol. The van der Waals surface area contributed by atoms with E-state index < -0.39 is 0 Å². The molecule has 128 valence electrons. The second-order valence-corrected chi connectivity index (χ2v) is 5.77. The van der Waals surface area contributed by atoms with Gasteiger partial charge in [-0.25, -0.2) is 0 Å². The zero-order chi connectivity index (χ0) is 17.6. The molecule has 0 radical (unpaired) electrons. The highest BCUT2D eigenvalue weighted by atomic mass is 79.9. The van der Waals surface area contributed by atoms with Gasteiger partial charge in [-0.15, -0.1) is 0 Å². The Balaban J connectivity index is 3.04. The summed E-state index contributed by atoms with van der Waals surface area (Å²) in [6, 6.07) is 3.32. The largest absolute Gasteiger partial charge is 0.497 e. The van der Waals surface area contributed by atoms with E-state index in [0.717, 1.165) is 0 Å². The Morgan fingerprint density at radius 1 is 1.13 bits per heavy atom. The van der Waals surface area contributed by atoms with E-state index >= 15 is 0 Å². The lowest BCUT2D eigenvalue weighted by atomic mass is 10.1. The fourth-order valence-corrected chi connectivity index (χ4v) is 2.81. The second kappa shape index (κ2) is 8.76. The zero-order valence-corrected chi connectivity index (χ0v) is 15.8. The Kier molecular flexibility index (Phi) is 7.35. The van der Waals surface area contributed by atoms with Gasteiger partial charge in [0.25, 0.3) is 5.91 Å². The van der Waals surface area contributed by atoms with Crippen LogP contribution < -0.4 is 9.47 Å². The van der Waals surface area contributed by atoms with E-state index in [9.17, 15) is 9.59 Å². The van der Waals surface area contributed by atoms with Gasteiger partial charge in [0.1, 0.15) is 11.5 Å². The zero-order valence-electron chi connectivity index (χ0n) is 14.2. The summed E-state index contributed by atoms with van der Waals surface area (Å²) in [5.74, 6) is 0.552. The van der Waals surface area contributed by atoms with Crippen LogP contribution in [0.1, 0.15) is 24.2 Å². The molecule has 0 aromatic heterocycles. The molecule has 7 heteroatoms. The van der Waals surface area contributed by atoms with Crippen LogP contribution in [-0.2, 0) is 4.79 Å². The van der Waals surface area contributed by atoms with Crippen molar-refractivity contribution in [1.82, 2.24) is 9.80 Å². The van der Waals surface area contributed by atoms with Crippen molar-refractivity contribution in [2.75, 3.05) is 40.9 Å². The number of amides is 2. The number of carbonyl (C=O) groups excluding carboxylic acids is 2. The van der Waals surface area contributed by atoms with Gasteiger partial charge in [-0.1, -0.05) is 0 Å². The molecule has 6 nitrogen and oxygen atoms in total. The highest BCUT2D eigenvalue weighted by Gasteiger charge is 2.23. The average molecular weight is 387 g/mol. The summed E-state index contributed by atoms with van der Waals surface area (Å²) in [5.41, 5.74) is 0.341. The number of rotatable bonds is 7. The van der Waals surface area contributed by atoms with Crippen LogP contribution in [0, 0.1) is 0 Å². The monoisotopic (exact) mass is 386 g/mol. The van der Waals surface area contributed by atoms with Crippen molar-refractivity contribution in [2.24, 2.45) is 0 Å². The Morgan fingerprint density at radius 3 is 2.22 bits per heavy atom. The Hall–Kier alpha value is -1.76. The molecule has 1 aromatic rings. The Morgan fingerprint density at radius 2 is 1.74 bits per heavy atom. The van der Waals surface area contributed by atoms with E-state index in [1.54, 1.807) is 24.1 Å². The number of benzene rings is 1. The van der Waals surface area contributed by atoms with Crippen LogP contribution in [0.15, 0.2) is 16.6 Å². The number of halogens is 1. The van der Waals surface area contributed by atoms with Gasteiger partial charge in [-0.2, -0.15) is 0 Å².